The van der Waals surface area contributed by atoms with Crippen LogP contribution in [0.25, 0.3) is 11.0 Å². The lowest BCUT2D eigenvalue weighted by Gasteiger charge is -2.56. The molecule has 7 nitrogen and oxygen atoms in total. The van der Waals surface area contributed by atoms with Crippen molar-refractivity contribution in [1.82, 2.24) is 19.5 Å². The highest BCUT2D eigenvalue weighted by molar-refractivity contribution is 5.93. The number of aromatic nitrogens is 2. The van der Waals surface area contributed by atoms with Crippen LogP contribution in [0.5, 0.6) is 0 Å². The van der Waals surface area contributed by atoms with Crippen LogP contribution >= 0.6 is 0 Å². The Morgan fingerprint density at radius 1 is 1.03 bits per heavy atom. The van der Waals surface area contributed by atoms with Gasteiger partial charge in [-0.15, -0.1) is 0 Å². The molecule has 0 radical (unpaired) electrons. The molecule has 3 heterocycles. The highest BCUT2D eigenvalue weighted by Crippen LogP contribution is 2.58. The molecule has 1 aromatic carbocycles. The van der Waals surface area contributed by atoms with E-state index in [0.717, 1.165) is 47.2 Å². The van der Waals surface area contributed by atoms with Gasteiger partial charge in [-0.05, 0) is 80.9 Å². The van der Waals surface area contributed by atoms with Gasteiger partial charge in [-0.1, -0.05) is 45.7 Å². The van der Waals surface area contributed by atoms with Crippen LogP contribution in [0.1, 0.15) is 95.1 Å². The number of hydrogen-bond donors (Lipinski definition) is 0. The van der Waals surface area contributed by atoms with Gasteiger partial charge in [0, 0.05) is 25.2 Å². The first kappa shape index (κ1) is 26.4. The van der Waals surface area contributed by atoms with E-state index in [9.17, 15) is 9.59 Å². The lowest BCUT2D eigenvalue weighted by Crippen LogP contribution is -2.53. The first-order valence-corrected chi connectivity index (χ1v) is 14.3. The van der Waals surface area contributed by atoms with Crippen LogP contribution in [0.3, 0.4) is 0 Å². The van der Waals surface area contributed by atoms with E-state index in [1.807, 2.05) is 28.8 Å². The fourth-order valence-corrected chi connectivity index (χ4v) is 7.78. The van der Waals surface area contributed by atoms with E-state index in [4.69, 9.17) is 4.84 Å². The van der Waals surface area contributed by atoms with Gasteiger partial charge in [0.1, 0.15) is 0 Å². The van der Waals surface area contributed by atoms with E-state index in [0.29, 0.717) is 17.6 Å². The normalized spacial score (nSPS) is 30.1. The molecule has 1 amide bonds. The molecule has 202 valence electrons. The van der Waals surface area contributed by atoms with Crippen molar-refractivity contribution in [3.63, 3.8) is 0 Å². The summed E-state index contributed by atoms with van der Waals surface area (Å²) in [5, 5.41) is 1.05. The Morgan fingerprint density at radius 2 is 1.65 bits per heavy atom. The van der Waals surface area contributed by atoms with Crippen LogP contribution in [-0.2, 0) is 4.84 Å². The summed E-state index contributed by atoms with van der Waals surface area (Å²) in [5.41, 5.74) is 1.81. The van der Waals surface area contributed by atoms with Crippen LogP contribution in [0.2, 0.25) is 0 Å². The summed E-state index contributed by atoms with van der Waals surface area (Å²) >= 11 is 0. The Hall–Kier alpha value is -2.25. The SMILES string of the molecule is CC1(C)C2CCCC1C2.CCN1C2CCCC1CC(n1c(=O)c(C(=O)N(C)OC)nc3ccccc31)C2. The average molecular weight is 509 g/mol. The third-order valence-electron chi connectivity index (χ3n) is 10.2. The molecule has 2 aliphatic heterocycles. The minimum Gasteiger partial charge on any atom is -0.302 e. The predicted molar refractivity (Wildman–Crippen MR) is 146 cm³/mol. The summed E-state index contributed by atoms with van der Waals surface area (Å²) in [6.45, 7) is 8.17. The van der Waals surface area contributed by atoms with Gasteiger partial charge in [0.25, 0.3) is 5.56 Å². The maximum atomic E-state index is 13.4. The molecule has 5 aliphatic rings. The number of hydroxylamine groups is 2. The summed E-state index contributed by atoms with van der Waals surface area (Å²) < 4.78 is 1.83. The van der Waals surface area contributed by atoms with E-state index < -0.39 is 5.91 Å². The molecule has 1 aromatic heterocycles. The van der Waals surface area contributed by atoms with Crippen LogP contribution in [0, 0.1) is 17.3 Å². The molecule has 2 aromatic rings. The standard InChI is InChI=1S/C21H28N4O3.C9H16/c1-4-24-14-8-7-9-15(24)13-16(12-14)25-18-11-6-5-10-17(18)22-19(21(25)27)20(26)23(2)28-3;1-9(2)7-4-3-5-8(9)6-7/h5-6,10-11,14-16H,4,7-9,12-13H2,1-3H3;7-8H,3-6H2,1-2H3. The molecule has 37 heavy (non-hydrogen) atoms. The Bertz CT molecular complexity index is 1160. The number of amides is 1. The van der Waals surface area contributed by atoms with E-state index in [-0.39, 0.29) is 17.3 Å². The van der Waals surface area contributed by atoms with E-state index in [1.54, 1.807) is 6.42 Å². The van der Waals surface area contributed by atoms with Gasteiger partial charge in [-0.25, -0.2) is 10.0 Å². The lowest BCUT2D eigenvalue weighted by molar-refractivity contribution is -0.0762. The van der Waals surface area contributed by atoms with Crippen molar-refractivity contribution in [2.24, 2.45) is 17.3 Å². The molecule has 3 saturated carbocycles. The van der Waals surface area contributed by atoms with Gasteiger partial charge < -0.3 is 4.57 Å². The highest BCUT2D eigenvalue weighted by Gasteiger charge is 2.49. The number of para-hydroxylation sites is 2. The maximum Gasteiger partial charge on any atom is 0.301 e. The number of nitrogens with zero attached hydrogens (tertiary/aromatic N) is 4. The Morgan fingerprint density at radius 3 is 2.19 bits per heavy atom. The zero-order chi connectivity index (χ0) is 26.3. The van der Waals surface area contributed by atoms with Crippen LogP contribution in [0.15, 0.2) is 29.1 Å². The van der Waals surface area contributed by atoms with Crippen molar-refractivity contribution >= 4 is 16.9 Å². The third kappa shape index (κ3) is 4.74. The predicted octanol–water partition coefficient (Wildman–Crippen LogP) is 5.44. The summed E-state index contributed by atoms with van der Waals surface area (Å²) in [6.07, 6.45) is 11.6. The number of rotatable bonds is 4. The lowest BCUT2D eigenvalue weighted by atomic mass is 9.49. The van der Waals surface area contributed by atoms with Crippen LogP contribution < -0.4 is 5.56 Å². The molecule has 2 saturated heterocycles. The molecule has 0 N–H and O–H groups in total. The maximum absolute atomic E-state index is 13.4. The summed E-state index contributed by atoms with van der Waals surface area (Å²) in [6, 6.07) is 8.68. The van der Waals surface area contributed by atoms with Gasteiger partial charge in [0.2, 0.25) is 0 Å². The third-order valence-corrected chi connectivity index (χ3v) is 10.2. The molecule has 3 aliphatic carbocycles. The summed E-state index contributed by atoms with van der Waals surface area (Å²) in [4.78, 5) is 38.1. The second-order valence-electron chi connectivity index (χ2n) is 12.2. The van der Waals surface area contributed by atoms with Crippen molar-refractivity contribution < 1.29 is 9.63 Å². The number of carbonyl (C=O) groups is 1. The fraction of sp³-hybridized carbons (Fsp3) is 0.700. The molecule has 4 atom stereocenters. The van der Waals surface area contributed by atoms with E-state index >= 15 is 0 Å². The number of piperidine rings is 2. The first-order valence-electron chi connectivity index (χ1n) is 14.3. The number of hydrogen-bond acceptors (Lipinski definition) is 5. The summed E-state index contributed by atoms with van der Waals surface area (Å²) in [7, 11) is 2.90. The number of fused-ring (bicyclic) bond motifs is 5. The first-order chi connectivity index (χ1) is 17.8. The minimum absolute atomic E-state index is 0.0777. The quantitative estimate of drug-likeness (QED) is 0.515. The largest absolute Gasteiger partial charge is 0.302 e. The topological polar surface area (TPSA) is 67.7 Å². The second kappa shape index (κ2) is 10.5. The number of benzene rings is 1. The van der Waals surface area contributed by atoms with Crippen molar-refractivity contribution in [3.8, 4) is 0 Å². The van der Waals surface area contributed by atoms with E-state index in [2.05, 4.69) is 30.7 Å². The second-order valence-corrected chi connectivity index (χ2v) is 12.2. The average Bonchev–Trinajstić information content (AvgIpc) is 2.91. The van der Waals surface area contributed by atoms with Crippen molar-refractivity contribution in [3.05, 3.63) is 40.3 Å². The van der Waals surface area contributed by atoms with Gasteiger partial charge in [-0.2, -0.15) is 0 Å². The Kier molecular flexibility index (Phi) is 7.47. The highest BCUT2D eigenvalue weighted by atomic mass is 16.7. The molecular weight excluding hydrogens is 464 g/mol. The molecule has 4 bridgehead atoms. The van der Waals surface area contributed by atoms with Gasteiger partial charge in [0.05, 0.1) is 18.1 Å². The van der Waals surface area contributed by atoms with E-state index in [1.165, 1.54) is 52.7 Å². The molecule has 7 heteroatoms. The summed E-state index contributed by atoms with van der Waals surface area (Å²) in [5.74, 6) is 1.67. The van der Waals surface area contributed by atoms with Crippen molar-refractivity contribution in [1.29, 1.82) is 0 Å². The molecule has 5 fully saturated rings. The molecule has 7 rings (SSSR count). The Balaban J connectivity index is 0.000000260. The van der Waals surface area contributed by atoms with Crippen molar-refractivity contribution in [2.75, 3.05) is 20.7 Å². The van der Waals surface area contributed by atoms with Crippen LogP contribution in [0.4, 0.5) is 0 Å². The molecular formula is C30H44N4O3. The smallest absolute Gasteiger partial charge is 0.301 e. The minimum atomic E-state index is -0.516. The monoisotopic (exact) mass is 508 g/mol. The van der Waals surface area contributed by atoms with Gasteiger partial charge in [-0.3, -0.25) is 19.3 Å². The van der Waals surface area contributed by atoms with Crippen molar-refractivity contribution in [2.45, 2.75) is 96.7 Å². The van der Waals surface area contributed by atoms with Gasteiger partial charge in [0.15, 0.2) is 5.69 Å². The zero-order valence-corrected chi connectivity index (χ0v) is 23.3. The number of carbonyl (C=O) groups excluding carboxylic acids is 1. The van der Waals surface area contributed by atoms with Crippen LogP contribution in [-0.4, -0.2) is 58.2 Å². The van der Waals surface area contributed by atoms with Gasteiger partial charge >= 0.3 is 5.91 Å². The Labute approximate surface area is 221 Å². The zero-order valence-electron chi connectivity index (χ0n) is 23.3. The fourth-order valence-electron chi connectivity index (χ4n) is 7.78. The molecule has 0 spiro atoms. The molecule has 4 unspecified atom stereocenters.